The summed E-state index contributed by atoms with van der Waals surface area (Å²) >= 11 is 0. The third-order valence-electron chi connectivity index (χ3n) is 7.86. The van der Waals surface area contributed by atoms with Crippen LogP contribution in [0.25, 0.3) is 0 Å². The number of nitrogens with one attached hydrogen (secondary N) is 2. The van der Waals surface area contributed by atoms with Crippen LogP contribution in [0.1, 0.15) is 58.8 Å². The fourth-order valence-electron chi connectivity index (χ4n) is 6.08. The number of fused-ring (bicyclic) bond motifs is 1. The van der Waals surface area contributed by atoms with E-state index in [1.165, 1.54) is 38.6 Å². The van der Waals surface area contributed by atoms with Gasteiger partial charge in [0.1, 0.15) is 0 Å². The highest BCUT2D eigenvalue weighted by Gasteiger charge is 2.42. The van der Waals surface area contributed by atoms with E-state index in [0.717, 1.165) is 39.1 Å². The zero-order valence-corrected chi connectivity index (χ0v) is 17.3. The SMILES string of the molecule is CC1CCC(CN2CCOCC2)CC1NC(=O)C1CC2CCCC(C)C2N1. The molecule has 0 aromatic heterocycles. The minimum atomic E-state index is 0.0346. The lowest BCUT2D eigenvalue weighted by Gasteiger charge is -2.38. The van der Waals surface area contributed by atoms with Gasteiger partial charge >= 0.3 is 0 Å². The molecule has 4 aliphatic rings. The molecule has 5 heteroatoms. The Balaban J connectivity index is 1.28. The topological polar surface area (TPSA) is 53.6 Å². The van der Waals surface area contributed by atoms with Crippen molar-refractivity contribution in [1.82, 2.24) is 15.5 Å². The molecule has 1 amide bonds. The predicted octanol–water partition coefficient (Wildman–Crippen LogP) is 2.41. The molecule has 0 aromatic carbocycles. The molecule has 4 fully saturated rings. The molecule has 7 unspecified atom stereocenters. The summed E-state index contributed by atoms with van der Waals surface area (Å²) in [4.78, 5) is 15.6. The van der Waals surface area contributed by atoms with Crippen LogP contribution in [0, 0.1) is 23.7 Å². The van der Waals surface area contributed by atoms with E-state index in [-0.39, 0.29) is 11.9 Å². The number of morpholine rings is 1. The molecule has 4 rings (SSSR count). The zero-order chi connectivity index (χ0) is 18.8. The molecule has 154 valence electrons. The maximum Gasteiger partial charge on any atom is 0.237 e. The monoisotopic (exact) mass is 377 g/mol. The van der Waals surface area contributed by atoms with Gasteiger partial charge in [0.15, 0.2) is 0 Å². The van der Waals surface area contributed by atoms with Crippen molar-refractivity contribution in [2.75, 3.05) is 32.8 Å². The predicted molar refractivity (Wildman–Crippen MR) is 108 cm³/mol. The summed E-state index contributed by atoms with van der Waals surface area (Å²) in [7, 11) is 0. The summed E-state index contributed by atoms with van der Waals surface area (Å²) < 4.78 is 5.48. The van der Waals surface area contributed by atoms with Crippen molar-refractivity contribution in [2.24, 2.45) is 23.7 Å². The van der Waals surface area contributed by atoms with Crippen molar-refractivity contribution >= 4 is 5.91 Å². The van der Waals surface area contributed by atoms with Crippen molar-refractivity contribution < 1.29 is 9.53 Å². The van der Waals surface area contributed by atoms with E-state index in [2.05, 4.69) is 29.4 Å². The van der Waals surface area contributed by atoms with Crippen LogP contribution in [0.15, 0.2) is 0 Å². The molecule has 2 N–H and O–H groups in total. The Morgan fingerprint density at radius 2 is 1.89 bits per heavy atom. The maximum absolute atomic E-state index is 13.0. The number of carbonyl (C=O) groups is 1. The molecule has 27 heavy (non-hydrogen) atoms. The number of ether oxygens (including phenoxy) is 1. The summed E-state index contributed by atoms with van der Waals surface area (Å²) in [6, 6.07) is 0.943. The van der Waals surface area contributed by atoms with Crippen LogP contribution in [-0.2, 0) is 9.53 Å². The van der Waals surface area contributed by atoms with Crippen molar-refractivity contribution in [3.05, 3.63) is 0 Å². The minimum Gasteiger partial charge on any atom is -0.379 e. The van der Waals surface area contributed by atoms with Gasteiger partial charge in [-0.1, -0.05) is 20.3 Å². The van der Waals surface area contributed by atoms with Crippen molar-refractivity contribution in [3.8, 4) is 0 Å². The summed E-state index contributed by atoms with van der Waals surface area (Å²) in [5.74, 6) is 3.00. The Kier molecular flexibility index (Phi) is 6.40. The summed E-state index contributed by atoms with van der Waals surface area (Å²) in [5.41, 5.74) is 0. The molecule has 0 spiro atoms. The van der Waals surface area contributed by atoms with Gasteiger partial charge in [0.2, 0.25) is 5.91 Å². The van der Waals surface area contributed by atoms with Crippen LogP contribution in [0.5, 0.6) is 0 Å². The van der Waals surface area contributed by atoms with E-state index in [1.807, 2.05) is 0 Å². The molecule has 7 atom stereocenters. The fourth-order valence-corrected chi connectivity index (χ4v) is 6.08. The van der Waals surface area contributed by atoms with Crippen LogP contribution in [0.3, 0.4) is 0 Å². The van der Waals surface area contributed by atoms with Gasteiger partial charge in [-0.2, -0.15) is 0 Å². The first-order valence-electron chi connectivity index (χ1n) is 11.5. The average molecular weight is 378 g/mol. The lowest BCUT2D eigenvalue weighted by atomic mass is 9.78. The Bertz CT molecular complexity index is 508. The van der Waals surface area contributed by atoms with E-state index in [1.54, 1.807) is 0 Å². The highest BCUT2D eigenvalue weighted by Crippen LogP contribution is 2.37. The van der Waals surface area contributed by atoms with E-state index < -0.39 is 0 Å². The third kappa shape index (κ3) is 4.68. The van der Waals surface area contributed by atoms with Crippen molar-refractivity contribution in [3.63, 3.8) is 0 Å². The van der Waals surface area contributed by atoms with Crippen molar-refractivity contribution in [1.29, 1.82) is 0 Å². The van der Waals surface area contributed by atoms with Gasteiger partial charge in [0.05, 0.1) is 19.3 Å². The second-order valence-electron chi connectivity index (χ2n) is 9.83. The third-order valence-corrected chi connectivity index (χ3v) is 7.86. The molecular weight excluding hydrogens is 338 g/mol. The fraction of sp³-hybridized carbons (Fsp3) is 0.955. The standard InChI is InChI=1S/C22H39N3O2/c1-15-6-7-17(14-25-8-10-27-11-9-25)12-19(15)24-22(26)20-13-18-5-3-4-16(2)21(18)23-20/h15-21,23H,3-14H2,1-2H3,(H,24,26). The highest BCUT2D eigenvalue weighted by molar-refractivity contribution is 5.82. The molecule has 2 saturated carbocycles. The lowest BCUT2D eigenvalue weighted by molar-refractivity contribution is -0.124. The van der Waals surface area contributed by atoms with E-state index in [4.69, 9.17) is 4.74 Å². The summed E-state index contributed by atoms with van der Waals surface area (Å²) in [6.45, 7) is 9.72. The summed E-state index contributed by atoms with van der Waals surface area (Å²) in [6.07, 6.45) is 8.66. The summed E-state index contributed by atoms with van der Waals surface area (Å²) in [5, 5.41) is 7.15. The van der Waals surface area contributed by atoms with E-state index in [0.29, 0.717) is 35.8 Å². The van der Waals surface area contributed by atoms with Gasteiger partial charge in [-0.25, -0.2) is 0 Å². The minimum absolute atomic E-state index is 0.0346. The number of amides is 1. The van der Waals surface area contributed by atoms with Gasteiger partial charge in [0, 0.05) is 31.7 Å². The maximum atomic E-state index is 13.0. The molecule has 2 saturated heterocycles. The second kappa shape index (κ2) is 8.79. The smallest absolute Gasteiger partial charge is 0.237 e. The molecule has 5 nitrogen and oxygen atoms in total. The molecular formula is C22H39N3O2. The quantitative estimate of drug-likeness (QED) is 0.790. The first-order valence-corrected chi connectivity index (χ1v) is 11.5. The normalized spacial score (nSPS) is 43.3. The van der Waals surface area contributed by atoms with Gasteiger partial charge < -0.3 is 15.4 Å². The first-order chi connectivity index (χ1) is 13.1. The zero-order valence-electron chi connectivity index (χ0n) is 17.3. The van der Waals surface area contributed by atoms with Crippen LogP contribution in [0.4, 0.5) is 0 Å². The largest absolute Gasteiger partial charge is 0.379 e. The Hall–Kier alpha value is -0.650. The molecule has 2 heterocycles. The van der Waals surface area contributed by atoms with Crippen molar-refractivity contribution in [2.45, 2.75) is 76.9 Å². The Morgan fingerprint density at radius 3 is 2.67 bits per heavy atom. The molecule has 2 aliphatic heterocycles. The number of rotatable bonds is 4. The van der Waals surface area contributed by atoms with Crippen LogP contribution in [-0.4, -0.2) is 61.8 Å². The Labute approximate surface area is 165 Å². The average Bonchev–Trinajstić information content (AvgIpc) is 3.11. The molecule has 0 bridgehead atoms. The van der Waals surface area contributed by atoms with Gasteiger partial charge in [-0.05, 0) is 62.2 Å². The lowest BCUT2D eigenvalue weighted by Crippen LogP contribution is -2.51. The van der Waals surface area contributed by atoms with Crippen LogP contribution >= 0.6 is 0 Å². The molecule has 2 aliphatic carbocycles. The second-order valence-corrected chi connectivity index (χ2v) is 9.83. The molecule has 0 aromatic rings. The first kappa shape index (κ1) is 19.7. The van der Waals surface area contributed by atoms with Gasteiger partial charge in [0.25, 0.3) is 0 Å². The van der Waals surface area contributed by atoms with E-state index in [9.17, 15) is 4.79 Å². The number of hydrogen-bond donors (Lipinski definition) is 2. The number of hydrogen-bond acceptors (Lipinski definition) is 4. The number of nitrogens with zero attached hydrogens (tertiary/aromatic N) is 1. The molecule has 0 radical (unpaired) electrons. The van der Waals surface area contributed by atoms with Crippen LogP contribution < -0.4 is 10.6 Å². The van der Waals surface area contributed by atoms with Crippen LogP contribution in [0.2, 0.25) is 0 Å². The van der Waals surface area contributed by atoms with Gasteiger partial charge in [-0.3, -0.25) is 9.69 Å². The highest BCUT2D eigenvalue weighted by atomic mass is 16.5. The van der Waals surface area contributed by atoms with Gasteiger partial charge in [-0.15, -0.1) is 0 Å². The van der Waals surface area contributed by atoms with E-state index >= 15 is 0 Å². The Morgan fingerprint density at radius 1 is 1.07 bits per heavy atom. The number of carbonyl (C=O) groups excluding carboxylic acids is 1.